The summed E-state index contributed by atoms with van der Waals surface area (Å²) < 4.78 is 6.77. The molecular formula is C17H18BrClOS. The number of hydrogen-bond donors (Lipinski definition) is 0. The van der Waals surface area contributed by atoms with E-state index in [0.717, 1.165) is 15.8 Å². The molecule has 0 N–H and O–H groups in total. The van der Waals surface area contributed by atoms with E-state index in [1.165, 1.54) is 41.0 Å². The highest BCUT2D eigenvalue weighted by molar-refractivity contribution is 9.10. The molecule has 0 radical (unpaired) electrons. The first-order valence-corrected chi connectivity index (χ1v) is 9.41. The number of fused-ring (bicyclic) bond motifs is 1. The summed E-state index contributed by atoms with van der Waals surface area (Å²) in [5, 5.41) is -0.139. The van der Waals surface area contributed by atoms with Crippen molar-refractivity contribution in [2.45, 2.75) is 38.0 Å². The predicted octanol–water partition coefficient (Wildman–Crippen LogP) is 6.12. The van der Waals surface area contributed by atoms with Crippen LogP contribution >= 0.6 is 38.9 Å². The molecule has 1 aliphatic carbocycles. The van der Waals surface area contributed by atoms with E-state index in [1.54, 1.807) is 0 Å². The lowest BCUT2D eigenvalue weighted by Crippen LogP contribution is -1.99. The number of thiophene rings is 1. The van der Waals surface area contributed by atoms with Crippen molar-refractivity contribution in [2.24, 2.45) is 0 Å². The lowest BCUT2D eigenvalue weighted by molar-refractivity contribution is 0.337. The van der Waals surface area contributed by atoms with Crippen molar-refractivity contribution < 1.29 is 4.74 Å². The van der Waals surface area contributed by atoms with E-state index in [4.69, 9.17) is 16.3 Å². The van der Waals surface area contributed by atoms with Gasteiger partial charge in [-0.15, -0.1) is 22.9 Å². The van der Waals surface area contributed by atoms with Crippen LogP contribution < -0.4 is 4.74 Å². The molecule has 1 heterocycles. The first-order valence-electron chi connectivity index (χ1n) is 7.37. The average molecular weight is 386 g/mol. The third kappa shape index (κ3) is 3.30. The van der Waals surface area contributed by atoms with Crippen LogP contribution in [0, 0.1) is 0 Å². The van der Waals surface area contributed by atoms with Crippen LogP contribution in [0.3, 0.4) is 0 Å². The molecule has 2 aromatic rings. The van der Waals surface area contributed by atoms with Gasteiger partial charge in [0.15, 0.2) is 0 Å². The van der Waals surface area contributed by atoms with E-state index >= 15 is 0 Å². The normalized spacial score (nSPS) is 15.6. The van der Waals surface area contributed by atoms with E-state index in [-0.39, 0.29) is 5.38 Å². The summed E-state index contributed by atoms with van der Waals surface area (Å²) in [5.41, 5.74) is 2.55. The zero-order chi connectivity index (χ0) is 14.8. The van der Waals surface area contributed by atoms with Gasteiger partial charge in [-0.2, -0.15) is 0 Å². The molecule has 1 aromatic heterocycles. The Hall–Kier alpha value is -0.510. The fourth-order valence-corrected chi connectivity index (χ4v) is 4.80. The van der Waals surface area contributed by atoms with Gasteiger partial charge in [-0.1, -0.05) is 15.9 Å². The molecule has 21 heavy (non-hydrogen) atoms. The summed E-state index contributed by atoms with van der Waals surface area (Å²) in [5.74, 6) is 0.882. The van der Waals surface area contributed by atoms with Gasteiger partial charge < -0.3 is 4.74 Å². The van der Waals surface area contributed by atoms with Crippen LogP contribution in [0.25, 0.3) is 0 Å². The number of ether oxygens (including phenoxy) is 1. The Kier molecular flexibility index (Phi) is 4.92. The van der Waals surface area contributed by atoms with E-state index in [9.17, 15) is 0 Å². The van der Waals surface area contributed by atoms with Gasteiger partial charge in [-0.25, -0.2) is 0 Å². The number of rotatable bonds is 4. The van der Waals surface area contributed by atoms with E-state index in [0.29, 0.717) is 6.61 Å². The second-order valence-corrected chi connectivity index (χ2v) is 7.80. The number of hydrogen-bond acceptors (Lipinski definition) is 2. The van der Waals surface area contributed by atoms with Crippen LogP contribution in [-0.2, 0) is 12.8 Å². The lowest BCUT2D eigenvalue weighted by Gasteiger charge is -2.14. The van der Waals surface area contributed by atoms with Crippen LogP contribution in [0.15, 0.2) is 28.7 Å². The fraction of sp³-hybridized carbons (Fsp3) is 0.412. The van der Waals surface area contributed by atoms with Crippen molar-refractivity contribution in [3.63, 3.8) is 0 Å². The highest BCUT2D eigenvalue weighted by atomic mass is 79.9. The van der Waals surface area contributed by atoms with Crippen LogP contribution in [0.1, 0.15) is 46.0 Å². The summed E-state index contributed by atoms with van der Waals surface area (Å²) in [6.45, 7) is 2.65. The van der Waals surface area contributed by atoms with Gasteiger partial charge in [0, 0.05) is 19.8 Å². The molecule has 0 saturated carbocycles. The first-order chi connectivity index (χ1) is 10.2. The minimum absolute atomic E-state index is 0.139. The molecule has 112 valence electrons. The molecule has 1 nitrogen and oxygen atoms in total. The van der Waals surface area contributed by atoms with Gasteiger partial charge in [-0.05, 0) is 62.4 Å². The highest BCUT2D eigenvalue weighted by Gasteiger charge is 2.21. The Balaban J connectivity index is 1.95. The number of halogens is 2. The van der Waals surface area contributed by atoms with Crippen LogP contribution in [0.2, 0.25) is 0 Å². The highest BCUT2D eigenvalue weighted by Crippen LogP contribution is 2.42. The van der Waals surface area contributed by atoms with Gasteiger partial charge in [0.2, 0.25) is 0 Å². The molecule has 0 bridgehead atoms. The fourth-order valence-electron chi connectivity index (χ4n) is 2.80. The predicted molar refractivity (Wildman–Crippen MR) is 94.0 cm³/mol. The molecule has 1 aromatic carbocycles. The molecule has 0 fully saturated rings. The van der Waals surface area contributed by atoms with Crippen molar-refractivity contribution in [1.82, 2.24) is 0 Å². The minimum atomic E-state index is -0.139. The van der Waals surface area contributed by atoms with E-state index < -0.39 is 0 Å². The van der Waals surface area contributed by atoms with Crippen molar-refractivity contribution >= 4 is 38.9 Å². The maximum atomic E-state index is 6.77. The molecule has 0 aliphatic heterocycles. The Morgan fingerprint density at radius 2 is 2.10 bits per heavy atom. The Morgan fingerprint density at radius 3 is 2.86 bits per heavy atom. The maximum absolute atomic E-state index is 6.77. The van der Waals surface area contributed by atoms with E-state index in [1.807, 2.05) is 30.4 Å². The molecule has 0 saturated heterocycles. The van der Waals surface area contributed by atoms with Gasteiger partial charge in [-0.3, -0.25) is 0 Å². The molecule has 1 atom stereocenters. The van der Waals surface area contributed by atoms with Gasteiger partial charge >= 0.3 is 0 Å². The van der Waals surface area contributed by atoms with Crippen LogP contribution in [0.4, 0.5) is 0 Å². The topological polar surface area (TPSA) is 9.23 Å². The van der Waals surface area contributed by atoms with Crippen molar-refractivity contribution in [3.05, 3.63) is 49.6 Å². The van der Waals surface area contributed by atoms with Gasteiger partial charge in [0.25, 0.3) is 0 Å². The zero-order valence-electron chi connectivity index (χ0n) is 12.0. The molecule has 4 heteroatoms. The number of benzene rings is 1. The Morgan fingerprint density at radius 1 is 1.29 bits per heavy atom. The maximum Gasteiger partial charge on any atom is 0.124 e. The second-order valence-electron chi connectivity index (χ2n) is 5.28. The Bertz CT molecular complexity index is 614. The van der Waals surface area contributed by atoms with Gasteiger partial charge in [0.05, 0.1) is 12.0 Å². The summed E-state index contributed by atoms with van der Waals surface area (Å²) in [6.07, 6.45) is 5.02. The summed E-state index contributed by atoms with van der Waals surface area (Å²) in [4.78, 5) is 2.76. The van der Waals surface area contributed by atoms with Crippen LogP contribution in [-0.4, -0.2) is 6.61 Å². The number of alkyl halides is 1. The van der Waals surface area contributed by atoms with Crippen LogP contribution in [0.5, 0.6) is 5.75 Å². The van der Waals surface area contributed by atoms with E-state index in [2.05, 4.69) is 28.1 Å². The third-order valence-corrected chi connectivity index (χ3v) is 6.20. The monoisotopic (exact) mass is 384 g/mol. The SMILES string of the molecule is CCOc1ccc(Br)cc1C(Cl)c1cc2c(s1)CCCC2. The van der Waals surface area contributed by atoms with Crippen molar-refractivity contribution in [2.75, 3.05) is 6.61 Å². The summed E-state index contributed by atoms with van der Waals surface area (Å²) in [7, 11) is 0. The summed E-state index contributed by atoms with van der Waals surface area (Å²) >= 11 is 12.2. The molecule has 0 spiro atoms. The Labute approximate surface area is 143 Å². The largest absolute Gasteiger partial charge is 0.494 e. The average Bonchev–Trinajstić information content (AvgIpc) is 2.92. The molecular weight excluding hydrogens is 368 g/mol. The molecule has 1 unspecified atom stereocenters. The molecule has 0 amide bonds. The second kappa shape index (κ2) is 6.72. The number of aryl methyl sites for hydroxylation is 2. The van der Waals surface area contributed by atoms with Crippen molar-refractivity contribution in [1.29, 1.82) is 0 Å². The quantitative estimate of drug-likeness (QED) is 0.576. The zero-order valence-corrected chi connectivity index (χ0v) is 15.2. The smallest absolute Gasteiger partial charge is 0.124 e. The lowest BCUT2D eigenvalue weighted by atomic mass is 9.98. The summed E-state index contributed by atoms with van der Waals surface area (Å²) in [6, 6.07) is 8.36. The third-order valence-electron chi connectivity index (χ3n) is 3.81. The van der Waals surface area contributed by atoms with Gasteiger partial charge in [0.1, 0.15) is 5.75 Å². The van der Waals surface area contributed by atoms with Crippen molar-refractivity contribution in [3.8, 4) is 5.75 Å². The molecule has 1 aliphatic rings. The molecule has 3 rings (SSSR count). The minimum Gasteiger partial charge on any atom is -0.494 e. The first kappa shape index (κ1) is 15.4. The standard InChI is InChI=1S/C17H18BrClOS/c1-2-20-14-8-7-12(18)10-13(14)17(19)16-9-11-5-3-4-6-15(11)21-16/h7-10,17H,2-6H2,1H3.